The Hall–Kier alpha value is -6.47. The molecular formula is C27H13FN8O2. The molecule has 180 valence electrons. The van der Waals surface area contributed by atoms with Crippen LogP contribution in [0.15, 0.2) is 30.3 Å². The van der Waals surface area contributed by atoms with Gasteiger partial charge in [-0.25, -0.2) is 4.39 Å². The number of hydrogen-bond donors (Lipinski definition) is 1. The molecule has 0 radical (unpaired) electrons. The molecule has 1 N–H and O–H groups in total. The van der Waals surface area contributed by atoms with Crippen LogP contribution < -0.4 is 25.6 Å². The Morgan fingerprint density at radius 1 is 0.816 bits per heavy atom. The van der Waals surface area contributed by atoms with Crippen molar-refractivity contribution in [2.75, 3.05) is 13.2 Å². The van der Waals surface area contributed by atoms with Gasteiger partial charge in [-0.2, -0.15) is 40.4 Å². The van der Waals surface area contributed by atoms with Gasteiger partial charge in [0.1, 0.15) is 79.9 Å². The van der Waals surface area contributed by atoms with Gasteiger partial charge < -0.3 is 9.84 Å². The van der Waals surface area contributed by atoms with Crippen LogP contribution in [0.1, 0.15) is 5.56 Å². The molecule has 0 fully saturated rings. The van der Waals surface area contributed by atoms with Crippen molar-refractivity contribution >= 4 is 22.8 Å². The molecule has 2 aromatic rings. The molecule has 0 atom stereocenters. The lowest BCUT2D eigenvalue weighted by Gasteiger charge is -2.06. The SMILES string of the molecule is [C-]#[N+]C([N+]#[C-])=c1cc(OCCO)c(=C(C#N)C#N)cc1C.[C-]#[N+]C([N+]#[C-])=c1ccc(=C(C#N)C#N)c(F)c1. The number of aliphatic hydroxyl groups excluding tert-OH is 1. The first-order valence-electron chi connectivity index (χ1n) is 10.1. The highest BCUT2D eigenvalue weighted by atomic mass is 19.1. The molecule has 0 bridgehead atoms. The van der Waals surface area contributed by atoms with E-state index in [-0.39, 0.29) is 57.4 Å². The van der Waals surface area contributed by atoms with Crippen molar-refractivity contribution in [2.45, 2.75) is 6.92 Å². The van der Waals surface area contributed by atoms with Crippen LogP contribution in [-0.2, 0) is 0 Å². The third kappa shape index (κ3) is 7.02. The van der Waals surface area contributed by atoms with Crippen molar-refractivity contribution < 1.29 is 14.2 Å². The molecule has 38 heavy (non-hydrogen) atoms. The van der Waals surface area contributed by atoms with Crippen LogP contribution in [0.4, 0.5) is 4.39 Å². The van der Waals surface area contributed by atoms with Gasteiger partial charge in [-0.3, -0.25) is 0 Å². The second-order valence-corrected chi connectivity index (χ2v) is 6.72. The number of aryl methyl sites for hydroxylation is 1. The lowest BCUT2D eigenvalue weighted by Crippen LogP contribution is -2.20. The van der Waals surface area contributed by atoms with Gasteiger partial charge in [0.15, 0.2) is 0 Å². The molecule has 0 aliphatic rings. The zero-order valence-electron chi connectivity index (χ0n) is 19.6. The standard InChI is InChI=1S/C15H10N4O2.C12H3FN4/c1-10-6-13(11(8-16)9-17)14(21-5-4-20)7-12(10)15(18-2)19-3;1-16-12(17-2)8-3-4-10(11(13)5-8)9(6-14)7-15/h6-7,20H,4-5H2,1H3;3-5H. The number of nitriles is 4. The smallest absolute Gasteiger partial charge is 0.491 e. The molecule has 0 aliphatic heterocycles. The number of ether oxygens (including phenoxy) is 1. The van der Waals surface area contributed by atoms with Crippen LogP contribution in [0.25, 0.3) is 42.2 Å². The molecule has 10 nitrogen and oxygen atoms in total. The van der Waals surface area contributed by atoms with Crippen molar-refractivity contribution in [2.24, 2.45) is 0 Å². The second-order valence-electron chi connectivity index (χ2n) is 6.72. The highest BCUT2D eigenvalue weighted by molar-refractivity contribution is 5.74. The zero-order chi connectivity index (χ0) is 28.7. The minimum atomic E-state index is -0.801. The average Bonchev–Trinajstić information content (AvgIpc) is 2.93. The van der Waals surface area contributed by atoms with Gasteiger partial charge in [-0.05, 0) is 30.7 Å². The largest absolute Gasteiger partial charge is 0.527 e. The van der Waals surface area contributed by atoms with E-state index < -0.39 is 5.82 Å². The summed E-state index contributed by atoms with van der Waals surface area (Å²) in [5, 5.41) is 44.6. The van der Waals surface area contributed by atoms with E-state index >= 15 is 0 Å². The minimum Gasteiger partial charge on any atom is -0.491 e. The van der Waals surface area contributed by atoms with Crippen LogP contribution in [-0.4, -0.2) is 18.3 Å². The third-order valence-electron chi connectivity index (χ3n) is 4.55. The van der Waals surface area contributed by atoms with Crippen LogP contribution >= 0.6 is 0 Å². The molecular weight excluding hydrogens is 487 g/mol. The van der Waals surface area contributed by atoms with Gasteiger partial charge in [0.05, 0.1) is 17.0 Å². The fourth-order valence-electron chi connectivity index (χ4n) is 2.85. The predicted octanol–water partition coefficient (Wildman–Crippen LogP) is 1.40. The Kier molecular flexibility index (Phi) is 11.5. The van der Waals surface area contributed by atoms with E-state index in [9.17, 15) is 4.39 Å². The molecule has 2 rings (SSSR count). The first-order valence-corrected chi connectivity index (χ1v) is 10.1. The lowest BCUT2D eigenvalue weighted by atomic mass is 10.1. The Labute approximate surface area is 216 Å². The average molecular weight is 500 g/mol. The Bertz CT molecular complexity index is 1810. The van der Waals surface area contributed by atoms with Gasteiger partial charge in [-0.15, -0.1) is 0 Å². The van der Waals surface area contributed by atoms with E-state index in [1.54, 1.807) is 31.2 Å². The van der Waals surface area contributed by atoms with Crippen LogP contribution in [0.3, 0.4) is 0 Å². The first-order chi connectivity index (χ1) is 18.3. The van der Waals surface area contributed by atoms with E-state index in [4.69, 9.17) is 57.2 Å². The lowest BCUT2D eigenvalue weighted by molar-refractivity contribution is 0.200. The molecule has 0 aromatic heterocycles. The maximum Gasteiger partial charge on any atom is 0.527 e. The Morgan fingerprint density at radius 2 is 1.34 bits per heavy atom. The van der Waals surface area contributed by atoms with Gasteiger partial charge in [0.25, 0.3) is 0 Å². The Morgan fingerprint density at radius 3 is 1.79 bits per heavy atom. The summed E-state index contributed by atoms with van der Waals surface area (Å²) in [4.78, 5) is 12.2. The molecule has 0 aliphatic carbocycles. The third-order valence-corrected chi connectivity index (χ3v) is 4.55. The van der Waals surface area contributed by atoms with Crippen molar-refractivity contribution in [3.05, 3.63) is 108 Å². The van der Waals surface area contributed by atoms with E-state index in [0.29, 0.717) is 10.8 Å². The second kappa shape index (κ2) is 14.7. The van der Waals surface area contributed by atoms with Gasteiger partial charge in [0, 0.05) is 10.4 Å². The van der Waals surface area contributed by atoms with Crippen LogP contribution in [0, 0.1) is 84.4 Å². The van der Waals surface area contributed by atoms with Crippen molar-refractivity contribution in [3.8, 4) is 30.0 Å². The van der Waals surface area contributed by atoms with Crippen LogP contribution in [0.2, 0.25) is 0 Å². The van der Waals surface area contributed by atoms with Gasteiger partial charge in [-0.1, -0.05) is 12.1 Å². The van der Waals surface area contributed by atoms with Crippen molar-refractivity contribution in [3.63, 3.8) is 0 Å². The predicted molar refractivity (Wildman–Crippen MR) is 131 cm³/mol. The number of halogens is 1. The fraction of sp³-hybridized carbons (Fsp3) is 0.111. The van der Waals surface area contributed by atoms with Gasteiger partial charge >= 0.3 is 11.6 Å². The number of benzene rings is 2. The number of rotatable bonds is 3. The number of hydrogen-bond acceptors (Lipinski definition) is 6. The quantitative estimate of drug-likeness (QED) is 0.632. The van der Waals surface area contributed by atoms with E-state index in [0.717, 1.165) is 6.07 Å². The topological polar surface area (TPSA) is 142 Å². The minimum absolute atomic E-state index is 0.0228. The summed E-state index contributed by atoms with van der Waals surface area (Å²) in [7, 11) is 0. The van der Waals surface area contributed by atoms with Crippen molar-refractivity contribution in [1.82, 2.24) is 0 Å². The van der Waals surface area contributed by atoms with Gasteiger partial charge in [0.2, 0.25) is 0 Å². The highest BCUT2D eigenvalue weighted by Crippen LogP contribution is 2.07. The first kappa shape index (κ1) is 29.6. The molecule has 0 unspecified atom stereocenters. The van der Waals surface area contributed by atoms with E-state index in [1.807, 2.05) is 0 Å². The summed E-state index contributed by atoms with van der Waals surface area (Å²) >= 11 is 0. The molecule has 0 heterocycles. The summed E-state index contributed by atoms with van der Waals surface area (Å²) < 4.78 is 18.9. The fourth-order valence-corrected chi connectivity index (χ4v) is 2.85. The maximum absolute atomic E-state index is 13.6. The Balaban J connectivity index is 0.000000389. The molecule has 0 amide bonds. The number of nitrogens with zero attached hydrogens (tertiary/aromatic N) is 8. The monoisotopic (exact) mass is 500 g/mol. The summed E-state index contributed by atoms with van der Waals surface area (Å²) in [6.07, 6.45) is 0. The summed E-state index contributed by atoms with van der Waals surface area (Å²) in [5.41, 5.74) is 0.109. The normalized spacial score (nSPS) is 8.39. The molecule has 0 saturated heterocycles. The molecule has 0 spiro atoms. The maximum atomic E-state index is 13.6. The molecule has 2 aromatic carbocycles. The summed E-state index contributed by atoms with van der Waals surface area (Å²) in [6.45, 7) is 28.9. The van der Waals surface area contributed by atoms with Crippen LogP contribution in [0.5, 0.6) is 5.75 Å². The molecule has 0 saturated carbocycles. The number of aliphatic hydroxyl groups is 1. The highest BCUT2D eigenvalue weighted by Gasteiger charge is 2.12. The summed E-state index contributed by atoms with van der Waals surface area (Å²) in [5.74, 6) is -0.993. The van der Waals surface area contributed by atoms with E-state index in [2.05, 4.69) is 19.4 Å². The molecule has 11 heteroatoms. The van der Waals surface area contributed by atoms with Crippen molar-refractivity contribution in [1.29, 1.82) is 21.0 Å². The summed E-state index contributed by atoms with van der Waals surface area (Å²) in [6, 6.07) is 13.2. The zero-order valence-corrected chi connectivity index (χ0v) is 19.6. The van der Waals surface area contributed by atoms with E-state index in [1.165, 1.54) is 24.3 Å².